The lowest BCUT2D eigenvalue weighted by Crippen LogP contribution is -2.34. The van der Waals surface area contributed by atoms with Gasteiger partial charge in [-0.1, -0.05) is 18.2 Å². The van der Waals surface area contributed by atoms with Gasteiger partial charge in [0.2, 0.25) is 0 Å². The first-order chi connectivity index (χ1) is 10.5. The Hall–Kier alpha value is -2.64. The molecule has 0 fully saturated rings. The van der Waals surface area contributed by atoms with Crippen LogP contribution in [0.3, 0.4) is 0 Å². The molecule has 0 aliphatic carbocycles. The molecule has 2 aromatic rings. The molecule has 4 N–H and O–H groups in total. The van der Waals surface area contributed by atoms with E-state index in [-0.39, 0.29) is 17.6 Å². The molecule has 0 spiro atoms. The van der Waals surface area contributed by atoms with Gasteiger partial charge >= 0.3 is 13.1 Å². The molecule has 0 aromatic heterocycles. The molecular weight excluding hydrogens is 285 g/mol. The SMILES string of the molecule is O=Cc1ccccc1NCc1cc(C(=O)O)ccc1B(O)O. The lowest BCUT2D eigenvalue weighted by Gasteiger charge is -2.13. The zero-order valence-electron chi connectivity index (χ0n) is 11.6. The van der Waals surface area contributed by atoms with Crippen LogP contribution in [0.15, 0.2) is 42.5 Å². The molecule has 0 heterocycles. The van der Waals surface area contributed by atoms with Crippen LogP contribution in [0.1, 0.15) is 26.3 Å². The lowest BCUT2D eigenvalue weighted by atomic mass is 9.76. The van der Waals surface area contributed by atoms with Gasteiger partial charge in [0, 0.05) is 17.8 Å². The maximum Gasteiger partial charge on any atom is 0.488 e. The maximum atomic E-state index is 11.0. The summed E-state index contributed by atoms with van der Waals surface area (Å²) < 4.78 is 0. The van der Waals surface area contributed by atoms with Crippen molar-refractivity contribution in [3.8, 4) is 0 Å². The Morgan fingerprint density at radius 1 is 1.18 bits per heavy atom. The van der Waals surface area contributed by atoms with E-state index >= 15 is 0 Å². The minimum Gasteiger partial charge on any atom is -0.478 e. The number of anilines is 1. The highest BCUT2D eigenvalue weighted by atomic mass is 16.4. The third-order valence-electron chi connectivity index (χ3n) is 3.23. The van der Waals surface area contributed by atoms with Crippen LogP contribution in [0.5, 0.6) is 0 Å². The summed E-state index contributed by atoms with van der Waals surface area (Å²) >= 11 is 0. The Balaban J connectivity index is 2.29. The zero-order chi connectivity index (χ0) is 16.1. The minimum atomic E-state index is -1.71. The first kappa shape index (κ1) is 15.7. The maximum absolute atomic E-state index is 11.0. The van der Waals surface area contributed by atoms with E-state index < -0.39 is 13.1 Å². The summed E-state index contributed by atoms with van der Waals surface area (Å²) in [5, 5.41) is 30.7. The number of aldehydes is 1. The van der Waals surface area contributed by atoms with Gasteiger partial charge in [-0.05, 0) is 35.3 Å². The summed E-state index contributed by atoms with van der Waals surface area (Å²) in [7, 11) is -1.71. The van der Waals surface area contributed by atoms with Crippen molar-refractivity contribution in [2.75, 3.05) is 5.32 Å². The monoisotopic (exact) mass is 299 g/mol. The molecule has 0 aliphatic heterocycles. The van der Waals surface area contributed by atoms with Gasteiger partial charge in [0.1, 0.15) is 0 Å². The molecule has 0 saturated carbocycles. The zero-order valence-corrected chi connectivity index (χ0v) is 11.6. The number of hydrogen-bond acceptors (Lipinski definition) is 5. The molecule has 2 rings (SSSR count). The topological polar surface area (TPSA) is 107 Å². The second-order valence-electron chi connectivity index (χ2n) is 4.65. The molecule has 2 aromatic carbocycles. The highest BCUT2D eigenvalue weighted by Crippen LogP contribution is 2.14. The van der Waals surface area contributed by atoms with Crippen LogP contribution >= 0.6 is 0 Å². The molecule has 0 amide bonds. The fraction of sp³-hybridized carbons (Fsp3) is 0.0667. The number of carbonyl (C=O) groups excluding carboxylic acids is 1. The number of benzene rings is 2. The second kappa shape index (κ2) is 6.88. The molecule has 7 heteroatoms. The van der Waals surface area contributed by atoms with Crippen LogP contribution in [0, 0.1) is 0 Å². The van der Waals surface area contributed by atoms with Gasteiger partial charge in [-0.2, -0.15) is 0 Å². The third-order valence-corrected chi connectivity index (χ3v) is 3.23. The largest absolute Gasteiger partial charge is 0.488 e. The van der Waals surface area contributed by atoms with Crippen molar-refractivity contribution < 1.29 is 24.7 Å². The molecule has 22 heavy (non-hydrogen) atoms. The predicted octanol–water partition coefficient (Wildman–Crippen LogP) is 0.489. The quantitative estimate of drug-likeness (QED) is 0.457. The van der Waals surface area contributed by atoms with Gasteiger partial charge < -0.3 is 20.5 Å². The average Bonchev–Trinajstić information content (AvgIpc) is 2.52. The number of nitrogens with one attached hydrogen (secondary N) is 1. The molecular formula is C15H14BNO5. The van der Waals surface area contributed by atoms with Gasteiger partial charge in [-0.15, -0.1) is 0 Å². The number of hydrogen-bond donors (Lipinski definition) is 4. The van der Waals surface area contributed by atoms with Crippen molar-refractivity contribution in [3.05, 3.63) is 59.2 Å². The van der Waals surface area contributed by atoms with E-state index in [2.05, 4.69) is 5.32 Å². The van der Waals surface area contributed by atoms with Crippen molar-refractivity contribution in [3.63, 3.8) is 0 Å². The Morgan fingerprint density at radius 3 is 2.55 bits per heavy atom. The van der Waals surface area contributed by atoms with Gasteiger partial charge in [0.25, 0.3) is 0 Å². The minimum absolute atomic E-state index is 0.0462. The second-order valence-corrected chi connectivity index (χ2v) is 4.65. The molecule has 112 valence electrons. The van der Waals surface area contributed by atoms with Crippen molar-refractivity contribution in [1.82, 2.24) is 0 Å². The number of carbonyl (C=O) groups is 2. The summed E-state index contributed by atoms with van der Waals surface area (Å²) in [5.74, 6) is -1.10. The molecule has 0 radical (unpaired) electrons. The highest BCUT2D eigenvalue weighted by Gasteiger charge is 2.17. The summed E-state index contributed by atoms with van der Waals surface area (Å²) in [6.07, 6.45) is 0.706. The first-order valence-corrected chi connectivity index (χ1v) is 6.53. The average molecular weight is 299 g/mol. The van der Waals surface area contributed by atoms with E-state index in [9.17, 15) is 19.6 Å². The van der Waals surface area contributed by atoms with Crippen LogP contribution in [0.25, 0.3) is 0 Å². The van der Waals surface area contributed by atoms with E-state index in [1.807, 2.05) is 0 Å². The Labute approximate surface area is 127 Å². The van der Waals surface area contributed by atoms with Crippen LogP contribution in [-0.4, -0.2) is 34.5 Å². The molecule has 6 nitrogen and oxygen atoms in total. The van der Waals surface area contributed by atoms with Crippen LogP contribution in [0.2, 0.25) is 0 Å². The Bertz CT molecular complexity index is 702. The molecule has 0 unspecified atom stereocenters. The summed E-state index contributed by atoms with van der Waals surface area (Å²) in [6, 6.07) is 10.9. The predicted molar refractivity (Wildman–Crippen MR) is 82.4 cm³/mol. The standard InChI is InChI=1S/C15H14BNO5/c18-9-11-3-1-2-4-14(11)17-8-12-7-10(15(19)20)5-6-13(12)16(21)22/h1-7,9,17,21-22H,8H2,(H,19,20). The molecule has 0 aliphatic rings. The van der Waals surface area contributed by atoms with Gasteiger partial charge in [-0.25, -0.2) is 4.79 Å². The number of carboxylic acids is 1. The van der Waals surface area contributed by atoms with E-state index in [4.69, 9.17) is 5.11 Å². The van der Waals surface area contributed by atoms with E-state index in [1.54, 1.807) is 24.3 Å². The van der Waals surface area contributed by atoms with Crippen molar-refractivity contribution in [2.45, 2.75) is 6.54 Å². The van der Waals surface area contributed by atoms with E-state index in [0.29, 0.717) is 23.1 Å². The number of carboxylic acid groups (broad SMARTS) is 1. The van der Waals surface area contributed by atoms with Crippen LogP contribution < -0.4 is 10.8 Å². The third kappa shape index (κ3) is 3.52. The molecule has 0 saturated heterocycles. The van der Waals surface area contributed by atoms with Crippen molar-refractivity contribution >= 4 is 30.5 Å². The van der Waals surface area contributed by atoms with E-state index in [0.717, 1.165) is 0 Å². The smallest absolute Gasteiger partial charge is 0.478 e. The lowest BCUT2D eigenvalue weighted by molar-refractivity contribution is 0.0696. The summed E-state index contributed by atoms with van der Waals surface area (Å²) in [5.41, 5.74) is 1.72. The molecule has 0 bridgehead atoms. The number of rotatable bonds is 6. The van der Waals surface area contributed by atoms with Crippen LogP contribution in [-0.2, 0) is 6.54 Å². The number of aromatic carboxylic acids is 1. The van der Waals surface area contributed by atoms with Gasteiger partial charge in [-0.3, -0.25) is 4.79 Å². The molecule has 0 atom stereocenters. The highest BCUT2D eigenvalue weighted by molar-refractivity contribution is 6.59. The normalized spacial score (nSPS) is 10.1. The van der Waals surface area contributed by atoms with Crippen molar-refractivity contribution in [2.24, 2.45) is 0 Å². The fourth-order valence-electron chi connectivity index (χ4n) is 2.09. The van der Waals surface area contributed by atoms with E-state index in [1.165, 1.54) is 18.2 Å². The fourth-order valence-corrected chi connectivity index (χ4v) is 2.09. The van der Waals surface area contributed by atoms with Crippen molar-refractivity contribution in [1.29, 1.82) is 0 Å². The first-order valence-electron chi connectivity index (χ1n) is 6.53. The summed E-state index contributed by atoms with van der Waals surface area (Å²) in [6.45, 7) is 0.152. The Kier molecular flexibility index (Phi) is 4.93. The van der Waals surface area contributed by atoms with Gasteiger partial charge in [0.15, 0.2) is 6.29 Å². The van der Waals surface area contributed by atoms with Gasteiger partial charge in [0.05, 0.1) is 5.56 Å². The Morgan fingerprint density at radius 2 is 1.91 bits per heavy atom. The summed E-state index contributed by atoms with van der Waals surface area (Å²) in [4.78, 5) is 22.0. The number of para-hydroxylation sites is 1. The van der Waals surface area contributed by atoms with Crippen LogP contribution in [0.4, 0.5) is 5.69 Å².